The molecular weight excluding hydrogens is 243 g/mol. The van der Waals surface area contributed by atoms with Crippen LogP contribution >= 0.6 is 0 Å². The highest BCUT2D eigenvalue weighted by molar-refractivity contribution is 5.04. The van der Waals surface area contributed by atoms with Gasteiger partial charge in [-0.1, -0.05) is 0 Å². The number of nitrogens with zero attached hydrogens (tertiary/aromatic N) is 1. The Morgan fingerprint density at radius 1 is 1.56 bits per heavy atom. The van der Waals surface area contributed by atoms with E-state index >= 15 is 0 Å². The lowest BCUT2D eigenvalue weighted by molar-refractivity contribution is 0.0395. The summed E-state index contributed by atoms with van der Waals surface area (Å²) in [5, 5.41) is 18.6. The third kappa shape index (κ3) is 1.99. The Morgan fingerprint density at radius 3 is 2.78 bits per heavy atom. The fraction of sp³-hybridized carbons (Fsp3) is 0.636. The van der Waals surface area contributed by atoms with Gasteiger partial charge in [0, 0.05) is 24.3 Å². The predicted molar refractivity (Wildman–Crippen MR) is 61.2 cm³/mol. The first kappa shape index (κ1) is 13.0. The van der Waals surface area contributed by atoms with E-state index < -0.39 is 35.5 Å². The van der Waals surface area contributed by atoms with E-state index in [-0.39, 0.29) is 13.0 Å². The van der Waals surface area contributed by atoms with Crippen molar-refractivity contribution in [2.45, 2.75) is 31.7 Å². The van der Waals surface area contributed by atoms with Crippen molar-refractivity contribution in [3.05, 3.63) is 32.6 Å². The second-order valence-electron chi connectivity index (χ2n) is 4.66. The van der Waals surface area contributed by atoms with Gasteiger partial charge in [0.2, 0.25) is 0 Å². The number of aromatic amines is 1. The number of aliphatic hydroxyl groups is 2. The van der Waals surface area contributed by atoms with E-state index in [1.165, 1.54) is 13.1 Å². The van der Waals surface area contributed by atoms with Gasteiger partial charge in [-0.05, 0) is 13.3 Å². The Bertz CT molecular complexity index is 553. The third-order valence-corrected chi connectivity index (χ3v) is 3.46. The summed E-state index contributed by atoms with van der Waals surface area (Å²) in [5.74, 6) is -0.593. The molecule has 2 rings (SSSR count). The van der Waals surface area contributed by atoms with E-state index in [1.54, 1.807) is 0 Å². The first-order chi connectivity index (χ1) is 8.45. The number of hydrogen-bond acceptors (Lipinski definition) is 4. The molecule has 0 amide bonds. The molecule has 6 nitrogen and oxygen atoms in total. The molecule has 4 atom stereocenters. The molecule has 0 unspecified atom stereocenters. The molecule has 0 radical (unpaired) electrons. The van der Waals surface area contributed by atoms with Gasteiger partial charge in [0.25, 0.3) is 5.56 Å². The van der Waals surface area contributed by atoms with Crippen molar-refractivity contribution in [3.63, 3.8) is 0 Å². The van der Waals surface area contributed by atoms with Crippen LogP contribution < -0.4 is 11.2 Å². The Kier molecular flexibility index (Phi) is 3.36. The largest absolute Gasteiger partial charge is 0.396 e. The molecule has 0 spiro atoms. The molecule has 0 saturated heterocycles. The van der Waals surface area contributed by atoms with Crippen molar-refractivity contribution in [2.75, 3.05) is 6.61 Å². The second kappa shape index (κ2) is 4.66. The molecule has 100 valence electrons. The molecule has 3 N–H and O–H groups in total. The van der Waals surface area contributed by atoms with E-state index in [2.05, 4.69) is 4.98 Å². The van der Waals surface area contributed by atoms with E-state index in [4.69, 9.17) is 5.11 Å². The standard InChI is InChI=1S/C11H15FN2O4/c1-5-3-14(11(18)13-10(5)17)7-2-6(4-15)9(16)8(7)12/h3,6-9,15-16H,2,4H2,1H3,(H,13,17,18)/t6-,7-,8-,9-/m1/s1. The average Bonchev–Trinajstić information content (AvgIpc) is 2.61. The minimum absolute atomic E-state index is 0.157. The number of hydrogen-bond donors (Lipinski definition) is 3. The van der Waals surface area contributed by atoms with Crippen LogP contribution in [0.3, 0.4) is 0 Å². The van der Waals surface area contributed by atoms with E-state index in [1.807, 2.05) is 0 Å². The Labute approximate surface area is 102 Å². The van der Waals surface area contributed by atoms with E-state index in [9.17, 15) is 19.1 Å². The van der Waals surface area contributed by atoms with Gasteiger partial charge in [-0.15, -0.1) is 0 Å². The van der Waals surface area contributed by atoms with Gasteiger partial charge in [0.1, 0.15) is 6.17 Å². The summed E-state index contributed by atoms with van der Waals surface area (Å²) >= 11 is 0. The molecule has 1 aromatic heterocycles. The quantitative estimate of drug-likeness (QED) is 0.640. The van der Waals surface area contributed by atoms with Crippen molar-refractivity contribution in [1.82, 2.24) is 9.55 Å². The van der Waals surface area contributed by atoms with Crippen LogP contribution in [0.2, 0.25) is 0 Å². The lowest BCUT2D eigenvalue weighted by atomic mass is 10.1. The molecule has 0 aromatic carbocycles. The lowest BCUT2D eigenvalue weighted by Crippen LogP contribution is -2.36. The number of halogens is 1. The zero-order valence-electron chi connectivity index (χ0n) is 9.84. The van der Waals surface area contributed by atoms with Gasteiger partial charge >= 0.3 is 5.69 Å². The van der Waals surface area contributed by atoms with Crippen LogP contribution in [0.4, 0.5) is 4.39 Å². The SMILES string of the molecule is Cc1cn([C@@H]2C[C@H](CO)[C@@H](O)[C@@H]2F)c(=O)[nH]c1=O. The number of rotatable bonds is 2. The van der Waals surface area contributed by atoms with Gasteiger partial charge in [-0.2, -0.15) is 0 Å². The average molecular weight is 258 g/mol. The molecule has 7 heteroatoms. The van der Waals surface area contributed by atoms with Gasteiger partial charge in [0.05, 0.1) is 12.1 Å². The zero-order chi connectivity index (χ0) is 13.4. The fourth-order valence-corrected chi connectivity index (χ4v) is 2.35. The third-order valence-electron chi connectivity index (χ3n) is 3.46. The number of aromatic nitrogens is 2. The Balaban J connectivity index is 2.42. The highest BCUT2D eigenvalue weighted by Gasteiger charge is 2.43. The van der Waals surface area contributed by atoms with Crippen LogP contribution in [-0.2, 0) is 0 Å². The van der Waals surface area contributed by atoms with Gasteiger partial charge in [-0.3, -0.25) is 14.3 Å². The number of aliphatic hydroxyl groups excluding tert-OH is 2. The molecule has 1 heterocycles. The maximum absolute atomic E-state index is 13.9. The molecule has 1 fully saturated rings. The van der Waals surface area contributed by atoms with Crippen molar-refractivity contribution < 1.29 is 14.6 Å². The smallest absolute Gasteiger partial charge is 0.328 e. The van der Waals surface area contributed by atoms with Crippen LogP contribution in [0.1, 0.15) is 18.0 Å². The van der Waals surface area contributed by atoms with E-state index in [0.29, 0.717) is 5.56 Å². The molecule has 18 heavy (non-hydrogen) atoms. The normalized spacial score (nSPS) is 31.8. The van der Waals surface area contributed by atoms with Crippen molar-refractivity contribution in [2.24, 2.45) is 5.92 Å². The summed E-state index contributed by atoms with van der Waals surface area (Å²) in [6.45, 7) is 1.17. The van der Waals surface area contributed by atoms with Crippen LogP contribution in [0.25, 0.3) is 0 Å². The summed E-state index contributed by atoms with van der Waals surface area (Å²) in [6, 6.07) is -0.861. The maximum atomic E-state index is 13.9. The van der Waals surface area contributed by atoms with Crippen molar-refractivity contribution in [1.29, 1.82) is 0 Å². The minimum atomic E-state index is -1.63. The first-order valence-electron chi connectivity index (χ1n) is 5.70. The molecule has 0 bridgehead atoms. The Hall–Kier alpha value is -1.47. The van der Waals surface area contributed by atoms with Crippen molar-refractivity contribution in [3.8, 4) is 0 Å². The number of H-pyrrole nitrogens is 1. The Morgan fingerprint density at radius 2 is 2.22 bits per heavy atom. The van der Waals surface area contributed by atoms with Crippen molar-refractivity contribution >= 4 is 0 Å². The zero-order valence-corrected chi connectivity index (χ0v) is 9.84. The monoisotopic (exact) mass is 258 g/mol. The lowest BCUT2D eigenvalue weighted by Gasteiger charge is -2.17. The minimum Gasteiger partial charge on any atom is -0.396 e. The van der Waals surface area contributed by atoms with Gasteiger partial charge < -0.3 is 10.2 Å². The second-order valence-corrected chi connectivity index (χ2v) is 4.66. The molecule has 1 aliphatic carbocycles. The van der Waals surface area contributed by atoms with Gasteiger partial charge in [0.15, 0.2) is 0 Å². The summed E-state index contributed by atoms with van der Waals surface area (Å²) in [6.07, 6.45) is -1.49. The first-order valence-corrected chi connectivity index (χ1v) is 5.70. The molecular formula is C11H15FN2O4. The highest BCUT2D eigenvalue weighted by atomic mass is 19.1. The number of alkyl halides is 1. The number of nitrogens with one attached hydrogen (secondary N) is 1. The van der Waals surface area contributed by atoms with Crippen LogP contribution in [-0.4, -0.2) is 38.6 Å². The predicted octanol–water partition coefficient (Wildman–Crippen LogP) is -0.903. The maximum Gasteiger partial charge on any atom is 0.328 e. The number of aryl methyl sites for hydroxylation is 1. The van der Waals surface area contributed by atoms with Crippen LogP contribution in [0.15, 0.2) is 15.8 Å². The highest BCUT2D eigenvalue weighted by Crippen LogP contribution is 2.36. The summed E-state index contributed by atoms with van der Waals surface area (Å²) in [4.78, 5) is 24.9. The fourth-order valence-electron chi connectivity index (χ4n) is 2.35. The molecule has 1 aliphatic rings. The molecule has 0 aliphatic heterocycles. The summed E-state index contributed by atoms with van der Waals surface area (Å²) in [5.41, 5.74) is -0.920. The van der Waals surface area contributed by atoms with Crippen LogP contribution in [0.5, 0.6) is 0 Å². The molecule has 1 saturated carbocycles. The van der Waals surface area contributed by atoms with Gasteiger partial charge in [-0.25, -0.2) is 9.18 Å². The van der Waals surface area contributed by atoms with Crippen LogP contribution in [0, 0.1) is 12.8 Å². The summed E-state index contributed by atoms with van der Waals surface area (Å²) in [7, 11) is 0. The molecule has 1 aromatic rings. The summed E-state index contributed by atoms with van der Waals surface area (Å²) < 4.78 is 15.0. The topological polar surface area (TPSA) is 95.3 Å². The van der Waals surface area contributed by atoms with E-state index in [0.717, 1.165) is 4.57 Å².